The maximum Gasteiger partial charge on any atom is 0.175 e. The Kier molecular flexibility index (Phi) is 5.27. The van der Waals surface area contributed by atoms with Crippen LogP contribution in [0.15, 0.2) is 41.7 Å². The van der Waals surface area contributed by atoms with E-state index >= 15 is 0 Å². The van der Waals surface area contributed by atoms with Crippen LogP contribution in [-0.4, -0.2) is 61.2 Å². The molecule has 0 saturated carbocycles. The topological polar surface area (TPSA) is 58.4 Å². The Bertz CT molecular complexity index is 812. The Hall–Kier alpha value is -1.70. The maximum absolute atomic E-state index is 11.6. The molecule has 6 nitrogen and oxygen atoms in total. The lowest BCUT2D eigenvalue weighted by Gasteiger charge is -2.35. The van der Waals surface area contributed by atoms with E-state index in [2.05, 4.69) is 33.4 Å². The molecule has 0 aliphatic carbocycles. The number of nitrogens with zero attached hydrogens (tertiary/aromatic N) is 4. The largest absolute Gasteiger partial charge is 0.329 e. The van der Waals surface area contributed by atoms with Gasteiger partial charge in [-0.15, -0.1) is 0 Å². The third-order valence-corrected chi connectivity index (χ3v) is 5.79. The van der Waals surface area contributed by atoms with Gasteiger partial charge < -0.3 is 9.47 Å². The van der Waals surface area contributed by atoms with Crippen molar-refractivity contribution in [3.05, 3.63) is 48.0 Å². The molecule has 0 amide bonds. The van der Waals surface area contributed by atoms with Gasteiger partial charge in [-0.3, -0.25) is 4.90 Å². The molecule has 1 aromatic carbocycles. The average molecular weight is 362 g/mol. The third-order valence-electron chi connectivity index (χ3n) is 4.66. The summed E-state index contributed by atoms with van der Waals surface area (Å²) in [6, 6.07) is 7.64. The van der Waals surface area contributed by atoms with Crippen LogP contribution in [0.5, 0.6) is 0 Å². The molecule has 1 aromatic heterocycles. The monoisotopic (exact) mass is 362 g/mol. The van der Waals surface area contributed by atoms with Gasteiger partial charge in [-0.05, 0) is 44.8 Å². The summed E-state index contributed by atoms with van der Waals surface area (Å²) in [5, 5.41) is 0. The lowest BCUT2D eigenvalue weighted by molar-refractivity contribution is 0.165. The summed E-state index contributed by atoms with van der Waals surface area (Å²) < 4.78 is 25.5. The lowest BCUT2D eigenvalue weighted by atomic mass is 10.1. The van der Waals surface area contributed by atoms with Gasteiger partial charge in [0, 0.05) is 38.1 Å². The summed E-state index contributed by atoms with van der Waals surface area (Å²) in [6.07, 6.45) is 6.21. The van der Waals surface area contributed by atoms with Gasteiger partial charge in [-0.2, -0.15) is 0 Å². The summed E-state index contributed by atoms with van der Waals surface area (Å²) in [4.78, 5) is 9.31. The van der Waals surface area contributed by atoms with Crippen molar-refractivity contribution in [1.82, 2.24) is 19.4 Å². The first-order valence-corrected chi connectivity index (χ1v) is 10.4. The molecular weight excluding hydrogens is 336 g/mol. The van der Waals surface area contributed by atoms with Gasteiger partial charge in [-0.25, -0.2) is 13.4 Å². The summed E-state index contributed by atoms with van der Waals surface area (Å²) in [5.41, 5.74) is 2.37. The summed E-state index contributed by atoms with van der Waals surface area (Å²) in [6.45, 7) is 3.70. The normalized spacial score (nSPS) is 18.5. The number of hydrogen-bond acceptors (Lipinski definition) is 5. The quantitative estimate of drug-likeness (QED) is 0.784. The van der Waals surface area contributed by atoms with Crippen LogP contribution in [0.1, 0.15) is 23.7 Å². The van der Waals surface area contributed by atoms with Crippen molar-refractivity contribution in [2.75, 3.05) is 33.4 Å². The second-order valence-corrected chi connectivity index (χ2v) is 9.14. The van der Waals surface area contributed by atoms with Gasteiger partial charge in [0.1, 0.15) is 0 Å². The smallest absolute Gasteiger partial charge is 0.175 e. The second-order valence-electron chi connectivity index (χ2n) is 7.12. The zero-order chi connectivity index (χ0) is 18.0. The van der Waals surface area contributed by atoms with Gasteiger partial charge in [-0.1, -0.05) is 12.1 Å². The Balaban J connectivity index is 1.71. The van der Waals surface area contributed by atoms with Gasteiger partial charge in [0.25, 0.3) is 0 Å². The predicted molar refractivity (Wildman–Crippen MR) is 98.1 cm³/mol. The molecule has 0 unspecified atom stereocenters. The number of sulfone groups is 1. The van der Waals surface area contributed by atoms with Crippen LogP contribution in [0.2, 0.25) is 0 Å². The Morgan fingerprint density at radius 3 is 2.60 bits per heavy atom. The third kappa shape index (κ3) is 4.48. The molecule has 136 valence electrons. The van der Waals surface area contributed by atoms with Crippen LogP contribution in [0.4, 0.5) is 0 Å². The van der Waals surface area contributed by atoms with E-state index in [0.717, 1.165) is 38.2 Å². The standard InChI is InChI=1S/C18H26N4O2S/c1-20(2)9-8-16-12-21(13-17-10-19-14-22(16)17)11-15-4-6-18(7-5-15)25(3,23)24/h4-7,10,14,16H,8-9,11-13H2,1-3H3/t16-/m0/s1. The molecule has 0 fully saturated rings. The van der Waals surface area contributed by atoms with Crippen molar-refractivity contribution < 1.29 is 8.42 Å². The first-order valence-electron chi connectivity index (χ1n) is 8.50. The van der Waals surface area contributed by atoms with E-state index < -0.39 is 9.84 Å². The van der Waals surface area contributed by atoms with Gasteiger partial charge >= 0.3 is 0 Å². The number of fused-ring (bicyclic) bond motifs is 1. The number of benzene rings is 1. The van der Waals surface area contributed by atoms with E-state index in [1.54, 1.807) is 12.1 Å². The molecule has 7 heteroatoms. The molecule has 1 atom stereocenters. The average Bonchev–Trinajstić information content (AvgIpc) is 3.00. The highest BCUT2D eigenvalue weighted by Crippen LogP contribution is 2.25. The molecule has 2 aromatic rings. The molecule has 2 heterocycles. The molecule has 25 heavy (non-hydrogen) atoms. The van der Waals surface area contributed by atoms with E-state index in [1.165, 1.54) is 11.9 Å². The Labute approximate surface area is 150 Å². The number of rotatable bonds is 6. The summed E-state index contributed by atoms with van der Waals surface area (Å²) >= 11 is 0. The van der Waals surface area contributed by atoms with Crippen molar-refractivity contribution in [1.29, 1.82) is 0 Å². The Morgan fingerprint density at radius 1 is 1.24 bits per heavy atom. The van der Waals surface area contributed by atoms with E-state index in [9.17, 15) is 8.42 Å². The molecular formula is C18H26N4O2S. The summed E-state index contributed by atoms with van der Waals surface area (Å²) in [5.74, 6) is 0. The molecule has 0 radical (unpaired) electrons. The van der Waals surface area contributed by atoms with E-state index in [4.69, 9.17) is 0 Å². The van der Waals surface area contributed by atoms with Crippen molar-refractivity contribution in [2.24, 2.45) is 0 Å². The summed E-state index contributed by atoms with van der Waals surface area (Å²) in [7, 11) is 1.05. The lowest BCUT2D eigenvalue weighted by Crippen LogP contribution is -2.37. The Morgan fingerprint density at radius 2 is 1.96 bits per heavy atom. The zero-order valence-corrected chi connectivity index (χ0v) is 15.9. The molecule has 0 saturated heterocycles. The van der Waals surface area contributed by atoms with Gasteiger partial charge in [0.2, 0.25) is 0 Å². The molecule has 1 aliphatic heterocycles. The number of imidazole rings is 1. The van der Waals surface area contributed by atoms with Crippen molar-refractivity contribution in [3.8, 4) is 0 Å². The van der Waals surface area contributed by atoms with Crippen LogP contribution in [0.3, 0.4) is 0 Å². The van der Waals surface area contributed by atoms with E-state index in [0.29, 0.717) is 10.9 Å². The molecule has 0 spiro atoms. The van der Waals surface area contributed by atoms with Crippen LogP contribution in [-0.2, 0) is 22.9 Å². The van der Waals surface area contributed by atoms with Crippen molar-refractivity contribution in [2.45, 2.75) is 30.4 Å². The second kappa shape index (κ2) is 7.27. The zero-order valence-electron chi connectivity index (χ0n) is 15.1. The molecule has 0 bridgehead atoms. The number of aromatic nitrogens is 2. The fraction of sp³-hybridized carbons (Fsp3) is 0.500. The van der Waals surface area contributed by atoms with Crippen LogP contribution >= 0.6 is 0 Å². The molecule has 1 aliphatic rings. The highest BCUT2D eigenvalue weighted by Gasteiger charge is 2.24. The first kappa shape index (κ1) is 18.1. The van der Waals surface area contributed by atoms with Crippen LogP contribution < -0.4 is 0 Å². The fourth-order valence-corrected chi connectivity index (χ4v) is 3.95. The highest BCUT2D eigenvalue weighted by molar-refractivity contribution is 7.90. The molecule has 0 N–H and O–H groups in total. The number of hydrogen-bond donors (Lipinski definition) is 0. The van der Waals surface area contributed by atoms with Crippen LogP contribution in [0, 0.1) is 0 Å². The van der Waals surface area contributed by atoms with E-state index in [1.807, 2.05) is 24.7 Å². The minimum atomic E-state index is -3.14. The SMILES string of the molecule is CN(C)CC[C@H]1CN(Cc2ccc(S(C)(=O)=O)cc2)Cc2cncn21. The van der Waals surface area contributed by atoms with Crippen molar-refractivity contribution >= 4 is 9.84 Å². The van der Waals surface area contributed by atoms with Crippen LogP contribution in [0.25, 0.3) is 0 Å². The van der Waals surface area contributed by atoms with Gasteiger partial charge in [0.15, 0.2) is 9.84 Å². The van der Waals surface area contributed by atoms with Crippen molar-refractivity contribution in [3.63, 3.8) is 0 Å². The minimum absolute atomic E-state index is 0.372. The fourth-order valence-electron chi connectivity index (χ4n) is 3.32. The van der Waals surface area contributed by atoms with Gasteiger partial charge in [0.05, 0.1) is 16.9 Å². The highest BCUT2D eigenvalue weighted by atomic mass is 32.2. The predicted octanol–water partition coefficient (Wildman–Crippen LogP) is 1.80. The molecule has 3 rings (SSSR count). The first-order chi connectivity index (χ1) is 11.8. The maximum atomic E-state index is 11.6. The van der Waals surface area contributed by atoms with E-state index in [-0.39, 0.29) is 0 Å². The minimum Gasteiger partial charge on any atom is -0.329 e.